The molecule has 3 aromatic rings. The van der Waals surface area contributed by atoms with Gasteiger partial charge in [0, 0.05) is 54.6 Å². The van der Waals surface area contributed by atoms with Gasteiger partial charge in [0.25, 0.3) is 0 Å². The van der Waals surface area contributed by atoms with Crippen LogP contribution < -0.4 is 25.0 Å². The van der Waals surface area contributed by atoms with E-state index in [2.05, 4.69) is 34.9 Å². The Morgan fingerprint density at radius 1 is 0.960 bits per heavy atom. The van der Waals surface area contributed by atoms with Crippen molar-refractivity contribution in [1.82, 2.24) is 20.2 Å². The van der Waals surface area contributed by atoms with Gasteiger partial charge in [0.05, 0.1) is 25.6 Å². The first-order valence-corrected chi connectivity index (χ1v) is 18.3. The maximum Gasteiger partial charge on any atom is 0.249 e. The van der Waals surface area contributed by atoms with Crippen LogP contribution in [-0.4, -0.2) is 101 Å². The van der Waals surface area contributed by atoms with Gasteiger partial charge in [-0.3, -0.25) is 19.2 Å². The van der Waals surface area contributed by atoms with Crippen molar-refractivity contribution in [2.24, 2.45) is 0 Å². The van der Waals surface area contributed by atoms with Crippen molar-refractivity contribution in [3.05, 3.63) is 72.3 Å². The van der Waals surface area contributed by atoms with Gasteiger partial charge in [0.1, 0.15) is 17.9 Å². The molecule has 2 amide bonds. The molecule has 2 fully saturated rings. The third-order valence-electron chi connectivity index (χ3n) is 8.68. The first-order valence-electron chi connectivity index (χ1n) is 16.2. The number of nitrogens with one attached hydrogen (secondary N) is 2. The fourth-order valence-electron chi connectivity index (χ4n) is 5.77. The number of rotatable bonds is 10. The minimum atomic E-state index is -0.722. The number of carbonyl (C=O) groups excluding carboxylic acids is 4. The maximum absolute atomic E-state index is 13.7. The molecule has 2 saturated heterocycles. The maximum atomic E-state index is 13.7. The highest BCUT2D eigenvalue weighted by molar-refractivity contribution is 8.14. The fraction of sp³-hybridized carbons (Fsp3) is 0.333. The van der Waals surface area contributed by atoms with Gasteiger partial charge in [-0.25, -0.2) is 4.98 Å². The van der Waals surface area contributed by atoms with Gasteiger partial charge in [-0.1, -0.05) is 66.4 Å². The number of fused-ring (bicyclic) bond motifs is 2. The number of carbonyl (C=O) groups is 4. The molecule has 2 N–H and O–H groups in total. The van der Waals surface area contributed by atoms with Crippen LogP contribution >= 0.6 is 23.5 Å². The Labute approximate surface area is 298 Å². The Bertz CT molecular complexity index is 1870. The van der Waals surface area contributed by atoms with Crippen LogP contribution in [-0.2, 0) is 14.4 Å². The van der Waals surface area contributed by atoms with Crippen molar-refractivity contribution >= 4 is 68.9 Å². The number of Topliss-reactive ketones (excluding diaryl/α,β-unsaturated/α-hetero) is 1. The summed E-state index contributed by atoms with van der Waals surface area (Å²) in [4.78, 5) is 64.6. The number of aromatic nitrogens is 2. The van der Waals surface area contributed by atoms with Crippen LogP contribution in [0.5, 0.6) is 11.5 Å². The van der Waals surface area contributed by atoms with Gasteiger partial charge < -0.3 is 29.9 Å². The van der Waals surface area contributed by atoms with Crippen LogP contribution in [0.15, 0.2) is 66.7 Å². The summed E-state index contributed by atoms with van der Waals surface area (Å²) in [7, 11) is 3.04. The summed E-state index contributed by atoms with van der Waals surface area (Å²) in [6, 6.07) is 19.6. The number of ether oxygens (including phenoxy) is 2. The molecule has 0 spiro atoms. The van der Waals surface area contributed by atoms with E-state index in [1.165, 1.54) is 44.0 Å². The van der Waals surface area contributed by atoms with Crippen molar-refractivity contribution in [1.29, 1.82) is 0 Å². The van der Waals surface area contributed by atoms with E-state index in [0.29, 0.717) is 70.9 Å². The zero-order valence-corrected chi connectivity index (χ0v) is 29.6. The Morgan fingerprint density at radius 2 is 1.66 bits per heavy atom. The van der Waals surface area contributed by atoms with Gasteiger partial charge in [0.15, 0.2) is 17.3 Å². The van der Waals surface area contributed by atoms with E-state index >= 15 is 0 Å². The first kappa shape index (κ1) is 35.2. The van der Waals surface area contributed by atoms with Crippen molar-refractivity contribution in [3.63, 3.8) is 0 Å². The molecule has 0 saturated carbocycles. The molecule has 2 aliphatic carbocycles. The van der Waals surface area contributed by atoms with Crippen molar-refractivity contribution in [2.45, 2.75) is 25.4 Å². The molecular formula is C36H38N6O6S2. The van der Waals surface area contributed by atoms with E-state index in [-0.39, 0.29) is 35.0 Å². The summed E-state index contributed by atoms with van der Waals surface area (Å²) in [5, 5.41) is 6.59. The summed E-state index contributed by atoms with van der Waals surface area (Å²) >= 11 is 2.57. The molecule has 50 heavy (non-hydrogen) atoms. The highest BCUT2D eigenvalue weighted by Crippen LogP contribution is 2.36. The average molecular weight is 715 g/mol. The van der Waals surface area contributed by atoms with Gasteiger partial charge >= 0.3 is 0 Å². The van der Waals surface area contributed by atoms with E-state index in [4.69, 9.17) is 19.4 Å². The molecule has 2 aliphatic heterocycles. The second-order valence-electron chi connectivity index (χ2n) is 11.8. The molecular weight excluding hydrogens is 677 g/mol. The number of amides is 2. The van der Waals surface area contributed by atoms with Gasteiger partial charge in [0.2, 0.25) is 22.9 Å². The molecule has 2 aromatic carbocycles. The SMILES string of the molecule is COc1cc2nc(N3CCNCC3C(C)=O)nc(NC(=O)C3CSCN3C(=O)CCSC(=O)c3ccccc3)c2cc1OC.c1cc2ccc1-2. The summed E-state index contributed by atoms with van der Waals surface area (Å²) in [6.45, 7) is 3.13. The van der Waals surface area contributed by atoms with Crippen LogP contribution in [0.1, 0.15) is 23.7 Å². The van der Waals surface area contributed by atoms with E-state index in [0.717, 1.165) is 11.8 Å². The van der Waals surface area contributed by atoms with Gasteiger partial charge in [-0.2, -0.15) is 4.98 Å². The standard InChI is InChI=1S/C30H34N6O6S2.C6H4/c1-18(37)22-15-31-10-11-35(22)30-32-21-14-25(42-3)24(41-2)13-20(21)27(34-30)33-28(39)23-16-43-17-36(23)26(38)9-12-44-29(40)19-7-5-4-6-8-19;1-2-6-4-3-5(1)6/h4-8,13-14,22-23,31H,9-12,15-17H2,1-3H3,(H,32,33,34,39);1-4H. The smallest absolute Gasteiger partial charge is 0.249 e. The number of nitrogens with zero attached hydrogens (tertiary/aromatic N) is 4. The molecule has 260 valence electrons. The molecule has 4 aliphatic rings. The Kier molecular flexibility index (Phi) is 11.2. The van der Waals surface area contributed by atoms with Crippen LogP contribution in [0.4, 0.5) is 11.8 Å². The monoisotopic (exact) mass is 714 g/mol. The normalized spacial score (nSPS) is 17.4. The van der Waals surface area contributed by atoms with Gasteiger partial charge in [-0.05, 0) is 24.1 Å². The van der Waals surface area contributed by atoms with Crippen LogP contribution in [0, 0.1) is 0 Å². The Hall–Kier alpha value is -4.66. The Morgan fingerprint density at radius 3 is 2.30 bits per heavy atom. The lowest BCUT2D eigenvalue weighted by Gasteiger charge is -2.35. The number of piperazine rings is 1. The van der Waals surface area contributed by atoms with Crippen LogP contribution in [0.2, 0.25) is 0 Å². The van der Waals surface area contributed by atoms with Gasteiger partial charge in [-0.15, -0.1) is 11.8 Å². The molecule has 3 heterocycles. The average Bonchev–Trinajstić information content (AvgIpc) is 3.63. The highest BCUT2D eigenvalue weighted by Gasteiger charge is 2.35. The molecule has 1 aromatic heterocycles. The molecule has 7 rings (SSSR count). The van der Waals surface area contributed by atoms with Crippen molar-refractivity contribution in [2.75, 3.05) is 61.5 Å². The second kappa shape index (κ2) is 15.9. The number of ketones is 1. The Balaban J connectivity index is 0.000000641. The third-order valence-corrected chi connectivity index (χ3v) is 10.6. The number of methoxy groups -OCH3 is 2. The molecule has 14 heteroatoms. The molecule has 2 atom stereocenters. The van der Waals surface area contributed by atoms with Crippen molar-refractivity contribution < 1.29 is 28.7 Å². The van der Waals surface area contributed by atoms with E-state index in [1.807, 2.05) is 11.0 Å². The topological polar surface area (TPSA) is 143 Å². The lowest BCUT2D eigenvalue weighted by Crippen LogP contribution is -2.55. The number of anilines is 2. The molecule has 0 bridgehead atoms. The number of thioether (sulfide) groups is 2. The minimum Gasteiger partial charge on any atom is -0.493 e. The third kappa shape index (κ3) is 7.72. The summed E-state index contributed by atoms with van der Waals surface area (Å²) in [6.07, 6.45) is 0.126. The zero-order chi connectivity index (χ0) is 35.2. The minimum absolute atomic E-state index is 0.0282. The zero-order valence-electron chi connectivity index (χ0n) is 28.0. The summed E-state index contributed by atoms with van der Waals surface area (Å²) in [5.41, 5.74) is 3.93. The largest absolute Gasteiger partial charge is 0.493 e. The second-order valence-corrected chi connectivity index (χ2v) is 13.9. The van der Waals surface area contributed by atoms with Crippen LogP contribution in [0.3, 0.4) is 0 Å². The highest BCUT2D eigenvalue weighted by atomic mass is 32.2. The predicted molar refractivity (Wildman–Crippen MR) is 197 cm³/mol. The lowest BCUT2D eigenvalue weighted by atomic mass is 9.95. The summed E-state index contributed by atoms with van der Waals surface area (Å²) < 4.78 is 11.0. The summed E-state index contributed by atoms with van der Waals surface area (Å²) in [5.74, 6) is 1.92. The number of hydrogen-bond acceptors (Lipinski definition) is 12. The van der Waals surface area contributed by atoms with E-state index in [1.54, 1.807) is 41.3 Å². The molecule has 0 radical (unpaired) electrons. The van der Waals surface area contributed by atoms with E-state index in [9.17, 15) is 19.2 Å². The number of hydrogen-bond donors (Lipinski definition) is 2. The predicted octanol–water partition coefficient (Wildman–Crippen LogP) is 4.48. The number of benzene rings is 3. The first-order chi connectivity index (χ1) is 24.3. The molecule has 2 unspecified atom stereocenters. The quantitative estimate of drug-likeness (QED) is 0.211. The van der Waals surface area contributed by atoms with E-state index < -0.39 is 12.1 Å². The van der Waals surface area contributed by atoms with Crippen LogP contribution in [0.25, 0.3) is 22.0 Å². The molecule has 12 nitrogen and oxygen atoms in total. The fourth-order valence-corrected chi connectivity index (χ4v) is 7.72. The van der Waals surface area contributed by atoms with Crippen molar-refractivity contribution in [3.8, 4) is 22.6 Å². The lowest BCUT2D eigenvalue weighted by molar-refractivity contribution is -0.135.